The number of nitrogens with one attached hydrogen (secondary N) is 2. The summed E-state index contributed by atoms with van der Waals surface area (Å²) >= 11 is 0. The molecule has 3 aromatic carbocycles. The topological polar surface area (TPSA) is 50.4 Å². The molecule has 0 aliphatic heterocycles. The Morgan fingerprint density at radius 2 is 1.68 bits per heavy atom. The molecule has 4 rings (SSSR count). The van der Waals surface area contributed by atoms with Crippen LogP contribution >= 0.6 is 0 Å². The van der Waals surface area contributed by atoms with E-state index in [1.165, 1.54) is 49.3 Å². The summed E-state index contributed by atoms with van der Waals surface area (Å²) in [5.74, 6) is 0.624. The third kappa shape index (κ3) is 5.86. The van der Waals surface area contributed by atoms with E-state index in [0.29, 0.717) is 6.04 Å². The fourth-order valence-electron chi connectivity index (χ4n) is 4.34. The van der Waals surface area contributed by atoms with E-state index in [1.54, 1.807) is 0 Å². The van der Waals surface area contributed by atoms with Crippen molar-refractivity contribution in [1.29, 1.82) is 0 Å². The van der Waals surface area contributed by atoms with Crippen molar-refractivity contribution in [3.8, 4) is 5.75 Å². The van der Waals surface area contributed by atoms with Crippen molar-refractivity contribution in [2.75, 3.05) is 11.9 Å². The number of carbonyl (C=O) groups excluding carboxylic acids is 1. The normalized spacial score (nSPS) is 14.9. The van der Waals surface area contributed by atoms with Gasteiger partial charge in [-0.05, 0) is 48.7 Å². The second-order valence-electron chi connectivity index (χ2n) is 8.54. The molecule has 0 bridgehead atoms. The van der Waals surface area contributed by atoms with Crippen LogP contribution in [0.1, 0.15) is 49.7 Å². The first-order valence-corrected chi connectivity index (χ1v) is 11.4. The number of hydrogen-bond acceptors (Lipinski definition) is 3. The van der Waals surface area contributed by atoms with Crippen molar-refractivity contribution in [1.82, 2.24) is 5.32 Å². The van der Waals surface area contributed by atoms with E-state index >= 15 is 0 Å². The summed E-state index contributed by atoms with van der Waals surface area (Å²) in [4.78, 5) is 12.4. The molecule has 0 atom stereocenters. The molecule has 1 aliphatic carbocycles. The van der Waals surface area contributed by atoms with Crippen LogP contribution in [0.15, 0.2) is 60.7 Å². The molecule has 4 nitrogen and oxygen atoms in total. The molecular formula is C27H32N2O2. The number of anilines is 1. The van der Waals surface area contributed by atoms with Crippen LogP contribution in [0.3, 0.4) is 0 Å². The Balaban J connectivity index is 1.46. The van der Waals surface area contributed by atoms with Crippen molar-refractivity contribution >= 4 is 22.4 Å². The zero-order valence-electron chi connectivity index (χ0n) is 18.3. The van der Waals surface area contributed by atoms with E-state index in [2.05, 4.69) is 41.0 Å². The summed E-state index contributed by atoms with van der Waals surface area (Å²) in [7, 11) is 0. The highest BCUT2D eigenvalue weighted by Gasteiger charge is 2.15. The van der Waals surface area contributed by atoms with E-state index in [9.17, 15) is 4.79 Å². The van der Waals surface area contributed by atoms with Crippen LogP contribution in [0.25, 0.3) is 10.8 Å². The maximum Gasteiger partial charge on any atom is 0.262 e. The fourth-order valence-corrected chi connectivity index (χ4v) is 4.34. The number of carbonyl (C=O) groups is 1. The summed E-state index contributed by atoms with van der Waals surface area (Å²) in [5, 5.41) is 9.04. The lowest BCUT2D eigenvalue weighted by molar-refractivity contribution is -0.118. The zero-order chi connectivity index (χ0) is 21.5. The fraction of sp³-hybridized carbons (Fsp3) is 0.370. The van der Waals surface area contributed by atoms with E-state index in [4.69, 9.17) is 4.74 Å². The van der Waals surface area contributed by atoms with Crippen molar-refractivity contribution in [3.05, 3.63) is 71.8 Å². The highest BCUT2D eigenvalue weighted by Crippen LogP contribution is 2.29. The van der Waals surface area contributed by atoms with Gasteiger partial charge in [0.2, 0.25) is 0 Å². The van der Waals surface area contributed by atoms with E-state index in [1.807, 2.05) is 37.3 Å². The Hall–Kier alpha value is -2.85. The molecule has 0 radical (unpaired) electrons. The van der Waals surface area contributed by atoms with Gasteiger partial charge in [-0.15, -0.1) is 0 Å². The van der Waals surface area contributed by atoms with Crippen molar-refractivity contribution in [2.24, 2.45) is 0 Å². The Morgan fingerprint density at radius 3 is 2.45 bits per heavy atom. The van der Waals surface area contributed by atoms with E-state index in [0.717, 1.165) is 29.1 Å². The smallest absolute Gasteiger partial charge is 0.262 e. The van der Waals surface area contributed by atoms with Gasteiger partial charge in [-0.3, -0.25) is 4.79 Å². The molecule has 3 aromatic rings. The van der Waals surface area contributed by atoms with Gasteiger partial charge in [0.1, 0.15) is 5.75 Å². The van der Waals surface area contributed by atoms with Crippen LogP contribution in [0.5, 0.6) is 5.75 Å². The van der Waals surface area contributed by atoms with Crippen LogP contribution in [0, 0.1) is 6.92 Å². The Kier molecular flexibility index (Phi) is 7.21. The summed E-state index contributed by atoms with van der Waals surface area (Å²) in [5.41, 5.74) is 3.08. The second kappa shape index (κ2) is 10.5. The van der Waals surface area contributed by atoms with Gasteiger partial charge in [0.05, 0.1) is 0 Å². The molecule has 1 fully saturated rings. The lowest BCUT2D eigenvalue weighted by Crippen LogP contribution is -2.28. The molecule has 4 heteroatoms. The number of hydrogen-bond donors (Lipinski definition) is 2. The van der Waals surface area contributed by atoms with E-state index < -0.39 is 0 Å². The van der Waals surface area contributed by atoms with Crippen molar-refractivity contribution < 1.29 is 9.53 Å². The van der Waals surface area contributed by atoms with Crippen LogP contribution in [-0.2, 0) is 11.3 Å². The van der Waals surface area contributed by atoms with Gasteiger partial charge in [-0.1, -0.05) is 73.7 Å². The minimum Gasteiger partial charge on any atom is -0.483 e. The molecule has 0 heterocycles. The number of benzene rings is 3. The Morgan fingerprint density at radius 1 is 0.935 bits per heavy atom. The molecule has 2 N–H and O–H groups in total. The van der Waals surface area contributed by atoms with Crippen LogP contribution in [-0.4, -0.2) is 18.6 Å². The first-order valence-electron chi connectivity index (χ1n) is 11.4. The number of fused-ring (bicyclic) bond motifs is 1. The summed E-state index contributed by atoms with van der Waals surface area (Å²) in [6, 6.07) is 20.8. The molecule has 0 aromatic heterocycles. The monoisotopic (exact) mass is 416 g/mol. The molecule has 0 saturated heterocycles. The highest BCUT2D eigenvalue weighted by atomic mass is 16.5. The summed E-state index contributed by atoms with van der Waals surface area (Å²) < 4.78 is 6.02. The van der Waals surface area contributed by atoms with Gasteiger partial charge in [0, 0.05) is 23.8 Å². The molecule has 0 unspecified atom stereocenters. The van der Waals surface area contributed by atoms with E-state index in [-0.39, 0.29) is 12.5 Å². The SMILES string of the molecule is Cc1ccc(NC(=O)COc2ccc3ccccc3c2CNC2CCCCCC2)cc1. The Labute approximate surface area is 185 Å². The van der Waals surface area contributed by atoms with Gasteiger partial charge in [0.15, 0.2) is 6.61 Å². The predicted molar refractivity (Wildman–Crippen MR) is 128 cm³/mol. The van der Waals surface area contributed by atoms with Gasteiger partial charge < -0.3 is 15.4 Å². The van der Waals surface area contributed by atoms with Crippen molar-refractivity contribution in [3.63, 3.8) is 0 Å². The van der Waals surface area contributed by atoms with Crippen LogP contribution in [0.4, 0.5) is 5.69 Å². The third-order valence-corrected chi connectivity index (χ3v) is 6.11. The average molecular weight is 417 g/mol. The predicted octanol–water partition coefficient (Wildman–Crippen LogP) is 5.98. The first kappa shape index (κ1) is 21.4. The second-order valence-corrected chi connectivity index (χ2v) is 8.54. The van der Waals surface area contributed by atoms with Crippen LogP contribution < -0.4 is 15.4 Å². The zero-order valence-corrected chi connectivity index (χ0v) is 18.3. The number of aryl methyl sites for hydroxylation is 1. The number of amides is 1. The lowest BCUT2D eigenvalue weighted by atomic mass is 10.0. The number of rotatable bonds is 7. The summed E-state index contributed by atoms with van der Waals surface area (Å²) in [6.07, 6.45) is 7.76. The van der Waals surface area contributed by atoms with Crippen LogP contribution in [0.2, 0.25) is 0 Å². The minimum atomic E-state index is -0.153. The highest BCUT2D eigenvalue weighted by molar-refractivity contribution is 5.92. The molecule has 0 spiro atoms. The quantitative estimate of drug-likeness (QED) is 0.466. The van der Waals surface area contributed by atoms with Crippen molar-refractivity contribution in [2.45, 2.75) is 58.0 Å². The molecule has 31 heavy (non-hydrogen) atoms. The standard InChI is InChI=1S/C27H32N2O2/c1-20-12-15-23(16-13-20)29-27(30)19-31-26-17-14-21-8-6-7-11-24(21)25(26)18-28-22-9-4-2-3-5-10-22/h6-8,11-17,22,28H,2-5,9-10,18-19H2,1H3,(H,29,30). The van der Waals surface area contributed by atoms with Gasteiger partial charge >= 0.3 is 0 Å². The summed E-state index contributed by atoms with van der Waals surface area (Å²) in [6.45, 7) is 2.77. The molecule has 1 aliphatic rings. The number of ether oxygens (including phenoxy) is 1. The molecule has 1 amide bonds. The maximum atomic E-state index is 12.4. The molecule has 162 valence electrons. The molecular weight excluding hydrogens is 384 g/mol. The molecule has 1 saturated carbocycles. The largest absolute Gasteiger partial charge is 0.483 e. The third-order valence-electron chi connectivity index (χ3n) is 6.11. The average Bonchev–Trinajstić information content (AvgIpc) is 3.07. The van der Waals surface area contributed by atoms with Gasteiger partial charge in [0.25, 0.3) is 5.91 Å². The lowest BCUT2D eigenvalue weighted by Gasteiger charge is -2.19. The minimum absolute atomic E-state index is 0.0113. The first-order chi connectivity index (χ1) is 15.2. The van der Waals surface area contributed by atoms with Gasteiger partial charge in [-0.25, -0.2) is 0 Å². The van der Waals surface area contributed by atoms with Gasteiger partial charge in [-0.2, -0.15) is 0 Å². The Bertz CT molecular complexity index is 1010. The maximum absolute atomic E-state index is 12.4.